The summed E-state index contributed by atoms with van der Waals surface area (Å²) in [5, 5.41) is 6.26. The normalized spacial score (nSPS) is 14.9. The van der Waals surface area contributed by atoms with Gasteiger partial charge in [0.25, 0.3) is 5.56 Å². The third kappa shape index (κ3) is 3.38. The maximum absolute atomic E-state index is 12.8. The number of aromatic nitrogens is 4. The van der Waals surface area contributed by atoms with Crippen LogP contribution in [0.3, 0.4) is 0 Å². The lowest BCUT2D eigenvalue weighted by Gasteiger charge is -2.21. The third-order valence-electron chi connectivity index (χ3n) is 6.40. The molecule has 168 valence electrons. The van der Waals surface area contributed by atoms with Gasteiger partial charge < -0.3 is 9.30 Å². The largest absolute Gasteiger partial charge is 0.489 e. The second-order valence-electron chi connectivity index (χ2n) is 8.57. The van der Waals surface area contributed by atoms with E-state index >= 15 is 0 Å². The molecule has 0 N–H and O–H groups in total. The molecular weight excluding hydrogens is 448 g/mol. The summed E-state index contributed by atoms with van der Waals surface area (Å²) in [6, 6.07) is 21.5. The Kier molecular flexibility index (Phi) is 4.78. The lowest BCUT2D eigenvalue weighted by atomic mass is 9.93. The van der Waals surface area contributed by atoms with Gasteiger partial charge in [0.15, 0.2) is 0 Å². The highest BCUT2D eigenvalue weighted by Crippen LogP contribution is 2.35. The van der Waals surface area contributed by atoms with Gasteiger partial charge in [-0.2, -0.15) is 5.10 Å². The molecule has 0 fully saturated rings. The van der Waals surface area contributed by atoms with E-state index in [1.54, 1.807) is 24.0 Å². The Bertz CT molecular complexity index is 1640. The van der Waals surface area contributed by atoms with Gasteiger partial charge in [0.2, 0.25) is 0 Å². The highest BCUT2D eigenvalue weighted by Gasteiger charge is 2.22. The SMILES string of the molecule is Cc1ncn(C2c3ccc(Cl)c(c3)COc3cccc(c3)-c3cc(=O)n(C)c4ccc2cc34)n1. The number of rotatable bonds is 1. The summed E-state index contributed by atoms with van der Waals surface area (Å²) in [7, 11) is 1.80. The predicted molar refractivity (Wildman–Crippen MR) is 132 cm³/mol. The number of hydrogen-bond donors (Lipinski definition) is 0. The van der Waals surface area contributed by atoms with Gasteiger partial charge >= 0.3 is 0 Å². The quantitative estimate of drug-likeness (QED) is 0.335. The topological polar surface area (TPSA) is 61.9 Å². The first-order valence-corrected chi connectivity index (χ1v) is 11.4. The van der Waals surface area contributed by atoms with E-state index in [-0.39, 0.29) is 11.6 Å². The molecule has 3 heterocycles. The van der Waals surface area contributed by atoms with Gasteiger partial charge in [-0.05, 0) is 65.6 Å². The Morgan fingerprint density at radius 3 is 2.68 bits per heavy atom. The average Bonchev–Trinajstić information content (AvgIpc) is 3.27. The van der Waals surface area contributed by atoms with Gasteiger partial charge in [-0.1, -0.05) is 35.9 Å². The number of pyridine rings is 1. The van der Waals surface area contributed by atoms with Crippen molar-refractivity contribution in [3.05, 3.63) is 111 Å². The van der Waals surface area contributed by atoms with Crippen LogP contribution in [0.5, 0.6) is 5.75 Å². The lowest BCUT2D eigenvalue weighted by molar-refractivity contribution is 0.306. The Balaban J connectivity index is 1.71. The molecule has 0 amide bonds. The molecule has 2 aromatic heterocycles. The van der Waals surface area contributed by atoms with E-state index in [1.165, 1.54) is 0 Å². The van der Waals surface area contributed by atoms with Crippen LogP contribution in [0.4, 0.5) is 0 Å². The minimum Gasteiger partial charge on any atom is -0.489 e. The van der Waals surface area contributed by atoms with E-state index in [9.17, 15) is 4.79 Å². The second-order valence-corrected chi connectivity index (χ2v) is 8.98. The lowest BCUT2D eigenvalue weighted by Crippen LogP contribution is -2.17. The van der Waals surface area contributed by atoms with Crippen LogP contribution < -0.4 is 10.3 Å². The predicted octanol–water partition coefficient (Wildman–Crippen LogP) is 5.29. The number of fused-ring (bicyclic) bond motifs is 6. The molecule has 1 aliphatic rings. The fourth-order valence-corrected chi connectivity index (χ4v) is 4.83. The molecule has 3 aromatic carbocycles. The second kappa shape index (κ2) is 7.85. The van der Waals surface area contributed by atoms with Crippen molar-refractivity contribution in [2.75, 3.05) is 0 Å². The number of aryl methyl sites for hydroxylation is 2. The van der Waals surface area contributed by atoms with E-state index in [1.807, 2.05) is 60.1 Å². The minimum atomic E-state index is -0.226. The van der Waals surface area contributed by atoms with Gasteiger partial charge in [-0.25, -0.2) is 9.67 Å². The van der Waals surface area contributed by atoms with Crippen LogP contribution in [0.25, 0.3) is 22.0 Å². The third-order valence-corrected chi connectivity index (χ3v) is 6.77. The summed E-state index contributed by atoms with van der Waals surface area (Å²) in [6.07, 6.45) is 1.75. The van der Waals surface area contributed by atoms with E-state index in [2.05, 4.69) is 22.2 Å². The molecule has 6 rings (SSSR count). The maximum Gasteiger partial charge on any atom is 0.251 e. The molecule has 0 aliphatic carbocycles. The van der Waals surface area contributed by atoms with E-state index in [4.69, 9.17) is 16.3 Å². The highest BCUT2D eigenvalue weighted by molar-refractivity contribution is 6.31. The van der Waals surface area contributed by atoms with Crippen molar-refractivity contribution in [3.63, 3.8) is 0 Å². The minimum absolute atomic E-state index is 0.0622. The van der Waals surface area contributed by atoms with Crippen molar-refractivity contribution in [2.24, 2.45) is 7.05 Å². The van der Waals surface area contributed by atoms with Gasteiger partial charge in [-0.15, -0.1) is 0 Å². The molecule has 0 saturated heterocycles. The Hall–Kier alpha value is -3.90. The van der Waals surface area contributed by atoms with Crippen molar-refractivity contribution >= 4 is 22.5 Å². The molecule has 1 aliphatic heterocycles. The molecular formula is C27H21ClN4O2. The zero-order chi connectivity index (χ0) is 23.4. The number of nitrogens with zero attached hydrogens (tertiary/aromatic N) is 4. The zero-order valence-electron chi connectivity index (χ0n) is 18.7. The van der Waals surface area contributed by atoms with Gasteiger partial charge in [0, 0.05) is 29.1 Å². The van der Waals surface area contributed by atoms with Crippen LogP contribution in [0.1, 0.15) is 28.6 Å². The summed E-state index contributed by atoms with van der Waals surface area (Å²) >= 11 is 6.54. The first-order valence-electron chi connectivity index (χ1n) is 11.0. The zero-order valence-corrected chi connectivity index (χ0v) is 19.5. The van der Waals surface area contributed by atoms with Crippen LogP contribution in [-0.4, -0.2) is 19.3 Å². The fraction of sp³-hybridized carbons (Fsp3) is 0.148. The Morgan fingerprint density at radius 2 is 1.85 bits per heavy atom. The molecule has 0 radical (unpaired) electrons. The summed E-state index contributed by atoms with van der Waals surface area (Å²) in [5.41, 5.74) is 5.51. The average molecular weight is 469 g/mol. The Morgan fingerprint density at radius 1 is 1.03 bits per heavy atom. The molecule has 0 spiro atoms. The molecule has 0 saturated carbocycles. The molecule has 6 bridgehead atoms. The molecule has 6 nitrogen and oxygen atoms in total. The summed E-state index contributed by atoms with van der Waals surface area (Å²) in [5.74, 6) is 1.41. The van der Waals surface area contributed by atoms with Gasteiger partial charge in [0.1, 0.15) is 30.5 Å². The van der Waals surface area contributed by atoms with E-state index in [0.717, 1.165) is 38.7 Å². The molecule has 5 aromatic rings. The first kappa shape index (κ1) is 20.7. The van der Waals surface area contributed by atoms with Crippen LogP contribution >= 0.6 is 11.6 Å². The number of benzene rings is 3. The molecule has 1 unspecified atom stereocenters. The van der Waals surface area contributed by atoms with Crippen LogP contribution in [0.15, 0.2) is 77.9 Å². The summed E-state index contributed by atoms with van der Waals surface area (Å²) in [4.78, 5) is 17.2. The summed E-state index contributed by atoms with van der Waals surface area (Å²) < 4.78 is 9.67. The van der Waals surface area contributed by atoms with Crippen LogP contribution in [0, 0.1) is 6.92 Å². The fourth-order valence-electron chi connectivity index (χ4n) is 4.66. The van der Waals surface area contributed by atoms with Crippen LogP contribution in [-0.2, 0) is 13.7 Å². The van der Waals surface area contributed by atoms with Gasteiger partial charge in [0.05, 0.1) is 5.52 Å². The van der Waals surface area contributed by atoms with E-state index in [0.29, 0.717) is 23.2 Å². The van der Waals surface area contributed by atoms with Crippen LogP contribution in [0.2, 0.25) is 5.02 Å². The van der Waals surface area contributed by atoms with Crippen molar-refractivity contribution < 1.29 is 4.74 Å². The molecule has 1 atom stereocenters. The monoisotopic (exact) mass is 468 g/mol. The Labute approximate surface area is 201 Å². The summed E-state index contributed by atoms with van der Waals surface area (Å²) in [6.45, 7) is 2.20. The van der Waals surface area contributed by atoms with Gasteiger partial charge in [-0.3, -0.25) is 4.79 Å². The smallest absolute Gasteiger partial charge is 0.251 e. The maximum atomic E-state index is 12.8. The highest BCUT2D eigenvalue weighted by atomic mass is 35.5. The first-order chi connectivity index (χ1) is 16.5. The molecule has 7 heteroatoms. The molecule has 34 heavy (non-hydrogen) atoms. The number of hydrogen-bond acceptors (Lipinski definition) is 4. The standard InChI is InChI=1S/C27H21ClN4O2/c1-16-29-15-32(30-16)27-18-6-8-24(28)20(10-18)14-34-21-5-3-4-17(11-21)22-13-26(33)31(2)25-9-7-19(27)12-23(22)25/h3-13,15,27H,14H2,1-2H3. The number of halogens is 1. The van der Waals surface area contributed by atoms with Crippen molar-refractivity contribution in [1.82, 2.24) is 19.3 Å². The van der Waals surface area contributed by atoms with Crippen molar-refractivity contribution in [1.29, 1.82) is 0 Å². The van der Waals surface area contributed by atoms with Crippen molar-refractivity contribution in [2.45, 2.75) is 19.6 Å². The number of ether oxygens (including phenoxy) is 1. The van der Waals surface area contributed by atoms with Crippen molar-refractivity contribution in [3.8, 4) is 16.9 Å². The van der Waals surface area contributed by atoms with E-state index < -0.39 is 0 Å².